The van der Waals surface area contributed by atoms with Crippen LogP contribution in [0.5, 0.6) is 11.5 Å². The van der Waals surface area contributed by atoms with E-state index in [1.165, 1.54) is 24.4 Å². The summed E-state index contributed by atoms with van der Waals surface area (Å²) < 4.78 is 24.0. The minimum absolute atomic E-state index is 0.0143. The molecule has 0 saturated heterocycles. The number of carbonyl (C=O) groups excluding carboxylic acids is 1. The molecule has 0 bridgehead atoms. The molecule has 0 unspecified atom stereocenters. The molecule has 1 aliphatic rings. The van der Waals surface area contributed by atoms with Crippen molar-refractivity contribution < 1.29 is 18.7 Å². The molecule has 22 heavy (non-hydrogen) atoms. The van der Waals surface area contributed by atoms with Gasteiger partial charge in [0.1, 0.15) is 0 Å². The molecule has 1 N–H and O–H groups in total. The van der Waals surface area contributed by atoms with Gasteiger partial charge in [0.25, 0.3) is 0 Å². The Balaban J connectivity index is 1.70. The number of ketones is 1. The first-order valence-corrected chi connectivity index (χ1v) is 6.84. The number of allylic oxidation sites excluding steroid dienone is 1. The van der Waals surface area contributed by atoms with Crippen molar-refractivity contribution in [3.05, 3.63) is 65.1 Å². The molecule has 4 nitrogen and oxygen atoms in total. The first-order valence-electron chi connectivity index (χ1n) is 6.46. The largest absolute Gasteiger partial charge is 0.454 e. The lowest BCUT2D eigenvalue weighted by atomic mass is 10.1. The van der Waals surface area contributed by atoms with E-state index in [0.717, 1.165) is 0 Å². The Morgan fingerprint density at radius 3 is 2.91 bits per heavy atom. The Morgan fingerprint density at radius 2 is 2.05 bits per heavy atom. The molecule has 1 heterocycles. The molecule has 0 fully saturated rings. The summed E-state index contributed by atoms with van der Waals surface area (Å²) in [5.74, 6) is 0.338. The van der Waals surface area contributed by atoms with Gasteiger partial charge in [0, 0.05) is 17.8 Å². The van der Waals surface area contributed by atoms with Crippen LogP contribution in [0.2, 0.25) is 5.02 Å². The maximum absolute atomic E-state index is 13.7. The molecule has 2 aromatic rings. The molecule has 0 radical (unpaired) electrons. The van der Waals surface area contributed by atoms with Gasteiger partial charge in [-0.1, -0.05) is 17.7 Å². The van der Waals surface area contributed by atoms with Gasteiger partial charge in [-0.15, -0.1) is 0 Å². The molecular formula is C16H11ClFNO3. The van der Waals surface area contributed by atoms with Crippen molar-refractivity contribution in [2.24, 2.45) is 0 Å². The van der Waals surface area contributed by atoms with Crippen molar-refractivity contribution in [1.82, 2.24) is 0 Å². The van der Waals surface area contributed by atoms with Crippen molar-refractivity contribution in [2.45, 2.75) is 0 Å². The van der Waals surface area contributed by atoms with Crippen LogP contribution in [-0.2, 0) is 0 Å². The number of halogens is 2. The number of hydrogen-bond donors (Lipinski definition) is 1. The highest BCUT2D eigenvalue weighted by Crippen LogP contribution is 2.32. The topological polar surface area (TPSA) is 47.6 Å². The number of anilines is 1. The summed E-state index contributed by atoms with van der Waals surface area (Å²) in [6.07, 6.45) is 2.67. The van der Waals surface area contributed by atoms with E-state index in [0.29, 0.717) is 17.1 Å². The Bertz CT molecular complexity index is 761. The Labute approximate surface area is 131 Å². The fourth-order valence-corrected chi connectivity index (χ4v) is 2.14. The standard InChI is InChI=1S/C16H11ClFNO3/c17-11-2-1-3-12(16(11)18)19-7-6-13(20)10-4-5-14-15(8-10)22-9-21-14/h1-8,19H,9H2. The minimum Gasteiger partial charge on any atom is -0.454 e. The first kappa shape index (κ1) is 14.4. The van der Waals surface area contributed by atoms with E-state index in [1.54, 1.807) is 24.3 Å². The summed E-state index contributed by atoms with van der Waals surface area (Å²) in [4.78, 5) is 12.0. The highest BCUT2D eigenvalue weighted by atomic mass is 35.5. The van der Waals surface area contributed by atoms with Crippen molar-refractivity contribution in [3.63, 3.8) is 0 Å². The van der Waals surface area contributed by atoms with Gasteiger partial charge < -0.3 is 14.8 Å². The lowest BCUT2D eigenvalue weighted by molar-refractivity contribution is 0.104. The van der Waals surface area contributed by atoms with Gasteiger partial charge in [-0.25, -0.2) is 4.39 Å². The molecule has 1 aliphatic heterocycles. The van der Waals surface area contributed by atoms with Crippen LogP contribution in [-0.4, -0.2) is 12.6 Å². The summed E-state index contributed by atoms with van der Waals surface area (Å²) >= 11 is 5.67. The number of carbonyl (C=O) groups is 1. The molecule has 112 valence electrons. The third-order valence-electron chi connectivity index (χ3n) is 3.08. The Morgan fingerprint density at radius 1 is 1.23 bits per heavy atom. The lowest BCUT2D eigenvalue weighted by Gasteiger charge is -2.03. The van der Waals surface area contributed by atoms with Gasteiger partial charge in [0.05, 0.1) is 10.7 Å². The molecule has 3 rings (SSSR count). The van der Waals surface area contributed by atoms with Crippen molar-refractivity contribution in [3.8, 4) is 11.5 Å². The van der Waals surface area contributed by atoms with Gasteiger partial charge in [-0.2, -0.15) is 0 Å². The average molecular weight is 320 g/mol. The second-order valence-electron chi connectivity index (χ2n) is 4.51. The van der Waals surface area contributed by atoms with Gasteiger partial charge in [-0.05, 0) is 30.3 Å². The van der Waals surface area contributed by atoms with Crippen LogP contribution in [0.1, 0.15) is 10.4 Å². The maximum atomic E-state index is 13.7. The molecule has 0 amide bonds. The summed E-state index contributed by atoms with van der Waals surface area (Å²) in [5.41, 5.74) is 0.649. The quantitative estimate of drug-likeness (QED) is 0.683. The van der Waals surface area contributed by atoms with Gasteiger partial charge >= 0.3 is 0 Å². The van der Waals surface area contributed by atoms with E-state index >= 15 is 0 Å². The van der Waals surface area contributed by atoms with E-state index in [9.17, 15) is 9.18 Å². The van der Waals surface area contributed by atoms with Crippen LogP contribution in [0.25, 0.3) is 0 Å². The summed E-state index contributed by atoms with van der Waals surface area (Å²) in [5, 5.41) is 2.70. The maximum Gasteiger partial charge on any atom is 0.231 e. The molecule has 0 saturated carbocycles. The highest BCUT2D eigenvalue weighted by molar-refractivity contribution is 6.31. The molecular weight excluding hydrogens is 309 g/mol. The Kier molecular flexibility index (Phi) is 3.98. The predicted molar refractivity (Wildman–Crippen MR) is 81.1 cm³/mol. The molecule has 0 spiro atoms. The van der Waals surface area contributed by atoms with Crippen LogP contribution >= 0.6 is 11.6 Å². The molecule has 0 aliphatic carbocycles. The molecule has 0 atom stereocenters. The van der Waals surface area contributed by atoms with E-state index in [4.69, 9.17) is 21.1 Å². The Hall–Kier alpha value is -2.53. The smallest absolute Gasteiger partial charge is 0.231 e. The number of rotatable bonds is 4. The number of hydrogen-bond acceptors (Lipinski definition) is 4. The molecule has 2 aromatic carbocycles. The van der Waals surface area contributed by atoms with Crippen molar-refractivity contribution in [1.29, 1.82) is 0 Å². The second-order valence-corrected chi connectivity index (χ2v) is 4.92. The molecule has 6 heteroatoms. The number of fused-ring (bicyclic) bond motifs is 1. The van der Waals surface area contributed by atoms with Crippen LogP contribution in [0.15, 0.2) is 48.7 Å². The van der Waals surface area contributed by atoms with Gasteiger partial charge in [0.2, 0.25) is 6.79 Å². The zero-order valence-electron chi connectivity index (χ0n) is 11.3. The lowest BCUT2D eigenvalue weighted by Crippen LogP contribution is -1.97. The van der Waals surface area contributed by atoms with Crippen molar-refractivity contribution >= 4 is 23.1 Å². The fourth-order valence-electron chi connectivity index (χ4n) is 1.97. The fraction of sp³-hybridized carbons (Fsp3) is 0.0625. The average Bonchev–Trinajstić information content (AvgIpc) is 2.98. The van der Waals surface area contributed by atoms with Crippen LogP contribution in [0.4, 0.5) is 10.1 Å². The third kappa shape index (κ3) is 2.89. The zero-order valence-corrected chi connectivity index (χ0v) is 12.1. The number of nitrogens with one attached hydrogen (secondary N) is 1. The normalized spacial score (nSPS) is 12.6. The molecule has 0 aromatic heterocycles. The van der Waals surface area contributed by atoms with E-state index in [-0.39, 0.29) is 23.3 Å². The number of benzene rings is 2. The third-order valence-corrected chi connectivity index (χ3v) is 3.37. The predicted octanol–water partition coefficient (Wildman–Crippen LogP) is 4.02. The first-order chi connectivity index (χ1) is 10.6. The van der Waals surface area contributed by atoms with Crippen LogP contribution < -0.4 is 14.8 Å². The summed E-state index contributed by atoms with van der Waals surface area (Å²) in [6, 6.07) is 9.50. The summed E-state index contributed by atoms with van der Waals surface area (Å²) in [6.45, 7) is 0.151. The summed E-state index contributed by atoms with van der Waals surface area (Å²) in [7, 11) is 0. The highest BCUT2D eigenvalue weighted by Gasteiger charge is 2.15. The SMILES string of the molecule is O=C(C=CNc1cccc(Cl)c1F)c1ccc2c(c1)OCO2. The minimum atomic E-state index is -0.565. The monoisotopic (exact) mass is 319 g/mol. The van der Waals surface area contributed by atoms with Gasteiger partial charge in [0.15, 0.2) is 23.1 Å². The second kappa shape index (κ2) is 6.07. The van der Waals surface area contributed by atoms with E-state index in [2.05, 4.69) is 5.32 Å². The van der Waals surface area contributed by atoms with Crippen molar-refractivity contribution in [2.75, 3.05) is 12.1 Å². The van der Waals surface area contributed by atoms with E-state index in [1.807, 2.05) is 0 Å². The van der Waals surface area contributed by atoms with Crippen LogP contribution in [0, 0.1) is 5.82 Å². The van der Waals surface area contributed by atoms with Crippen LogP contribution in [0.3, 0.4) is 0 Å². The zero-order chi connectivity index (χ0) is 15.5. The van der Waals surface area contributed by atoms with Gasteiger partial charge in [-0.3, -0.25) is 4.79 Å². The van der Waals surface area contributed by atoms with E-state index < -0.39 is 5.82 Å². The number of ether oxygens (including phenoxy) is 2.